The van der Waals surface area contributed by atoms with Gasteiger partial charge >= 0.3 is 0 Å². The Morgan fingerprint density at radius 3 is 2.30 bits per heavy atom. The molecule has 1 aromatic heterocycles. The second kappa shape index (κ2) is 7.58. The van der Waals surface area contributed by atoms with Crippen LogP contribution in [-0.4, -0.2) is 24.5 Å². The van der Waals surface area contributed by atoms with E-state index < -0.39 is 0 Å². The summed E-state index contributed by atoms with van der Waals surface area (Å²) in [5.41, 5.74) is 6.31. The number of hydrogen-bond donors (Lipinski definition) is 1. The highest BCUT2D eigenvalue weighted by Crippen LogP contribution is 2.34. The third-order valence-electron chi connectivity index (χ3n) is 4.01. The molecule has 0 amide bonds. The molecule has 0 aromatic carbocycles. The molecule has 0 spiro atoms. The fourth-order valence-corrected chi connectivity index (χ4v) is 3.60. The van der Waals surface area contributed by atoms with Gasteiger partial charge < -0.3 is 5.73 Å². The molecule has 20 heavy (non-hydrogen) atoms. The van der Waals surface area contributed by atoms with E-state index in [4.69, 9.17) is 5.73 Å². The molecule has 1 rings (SSSR count). The van der Waals surface area contributed by atoms with Gasteiger partial charge in [0.15, 0.2) is 0 Å². The van der Waals surface area contributed by atoms with Crippen molar-refractivity contribution >= 4 is 11.3 Å². The van der Waals surface area contributed by atoms with Gasteiger partial charge in [-0.05, 0) is 30.0 Å². The van der Waals surface area contributed by atoms with Crippen LogP contribution >= 0.6 is 11.3 Å². The molecule has 116 valence electrons. The van der Waals surface area contributed by atoms with Gasteiger partial charge in [0.25, 0.3) is 0 Å². The minimum atomic E-state index is 0.232. The van der Waals surface area contributed by atoms with Gasteiger partial charge in [-0.25, -0.2) is 0 Å². The maximum absolute atomic E-state index is 6.08. The molecule has 2 atom stereocenters. The van der Waals surface area contributed by atoms with E-state index in [0.717, 1.165) is 19.0 Å². The minimum absolute atomic E-state index is 0.232. The van der Waals surface area contributed by atoms with E-state index >= 15 is 0 Å². The van der Waals surface area contributed by atoms with E-state index in [1.165, 1.54) is 16.2 Å². The molecule has 1 heterocycles. The van der Waals surface area contributed by atoms with Crippen LogP contribution in [0.4, 0.5) is 0 Å². The summed E-state index contributed by atoms with van der Waals surface area (Å²) in [5.74, 6) is 0.728. The first-order chi connectivity index (χ1) is 9.33. The van der Waals surface area contributed by atoms with Crippen molar-refractivity contribution in [2.75, 3.05) is 19.6 Å². The highest BCUT2D eigenvalue weighted by molar-refractivity contribution is 7.12. The van der Waals surface area contributed by atoms with Gasteiger partial charge in [-0.15, -0.1) is 11.3 Å². The molecular formula is C17H32N2S. The largest absolute Gasteiger partial charge is 0.329 e. The molecule has 3 heteroatoms. The molecule has 2 N–H and O–H groups in total. The third kappa shape index (κ3) is 4.57. The van der Waals surface area contributed by atoms with Crippen LogP contribution < -0.4 is 5.73 Å². The van der Waals surface area contributed by atoms with Crippen LogP contribution in [-0.2, 0) is 5.41 Å². The second-order valence-electron chi connectivity index (χ2n) is 6.80. The Balaban J connectivity index is 2.90. The van der Waals surface area contributed by atoms with Crippen LogP contribution in [0.25, 0.3) is 0 Å². The van der Waals surface area contributed by atoms with Crippen molar-refractivity contribution in [2.45, 2.75) is 59.4 Å². The van der Waals surface area contributed by atoms with E-state index in [1.54, 1.807) is 0 Å². The van der Waals surface area contributed by atoms with Crippen LogP contribution in [0.3, 0.4) is 0 Å². The first-order valence-electron chi connectivity index (χ1n) is 7.87. The summed E-state index contributed by atoms with van der Waals surface area (Å²) < 4.78 is 0. The molecule has 0 radical (unpaired) electrons. The summed E-state index contributed by atoms with van der Waals surface area (Å²) in [7, 11) is 0. The number of nitrogens with zero attached hydrogens (tertiary/aromatic N) is 1. The molecule has 2 nitrogen and oxygen atoms in total. The zero-order valence-electron chi connectivity index (χ0n) is 14.1. The number of likely N-dealkylation sites (N-methyl/N-ethyl adjacent to an activating group) is 1. The zero-order chi connectivity index (χ0) is 15.3. The van der Waals surface area contributed by atoms with E-state index in [2.05, 4.69) is 58.6 Å². The van der Waals surface area contributed by atoms with E-state index in [0.29, 0.717) is 12.6 Å². The summed E-state index contributed by atoms with van der Waals surface area (Å²) in [6, 6.07) is 4.93. The fraction of sp³-hybridized carbons (Fsp3) is 0.765. The Morgan fingerprint density at radius 1 is 1.25 bits per heavy atom. The highest BCUT2D eigenvalue weighted by atomic mass is 32.1. The fourth-order valence-electron chi connectivity index (χ4n) is 2.39. The number of rotatable bonds is 7. The topological polar surface area (TPSA) is 29.3 Å². The average Bonchev–Trinajstić information content (AvgIpc) is 2.87. The smallest absolute Gasteiger partial charge is 0.0564 e. The standard InChI is InChI=1S/C17H32N2S/c1-7-13(3)12-19(8-2)14(11-18)15-9-10-16(20-15)17(4,5)6/h9-10,13-14H,7-8,11-12,18H2,1-6H3. The first kappa shape index (κ1) is 17.7. The molecule has 1 aromatic rings. The lowest BCUT2D eigenvalue weighted by molar-refractivity contribution is 0.185. The molecular weight excluding hydrogens is 264 g/mol. The van der Waals surface area contributed by atoms with E-state index in [-0.39, 0.29) is 5.41 Å². The van der Waals surface area contributed by atoms with Crippen molar-refractivity contribution < 1.29 is 0 Å². The van der Waals surface area contributed by atoms with Crippen molar-refractivity contribution in [1.29, 1.82) is 0 Å². The van der Waals surface area contributed by atoms with Crippen LogP contribution in [0.5, 0.6) is 0 Å². The van der Waals surface area contributed by atoms with Crippen LogP contribution in [0.15, 0.2) is 12.1 Å². The normalized spacial score (nSPS) is 15.6. The molecule has 0 bridgehead atoms. The Labute approximate surface area is 129 Å². The SMILES string of the molecule is CCC(C)CN(CC)C(CN)c1ccc(C(C)(C)C)s1. The van der Waals surface area contributed by atoms with Crippen LogP contribution in [0.1, 0.15) is 63.8 Å². The predicted octanol–water partition coefficient (Wildman–Crippen LogP) is 4.41. The van der Waals surface area contributed by atoms with Crippen molar-refractivity contribution in [3.05, 3.63) is 21.9 Å². The molecule has 0 saturated heterocycles. The number of nitrogens with two attached hydrogens (primary N) is 1. The van der Waals surface area contributed by atoms with Crippen molar-refractivity contribution in [1.82, 2.24) is 4.90 Å². The Kier molecular flexibility index (Phi) is 6.70. The molecule has 0 saturated carbocycles. The molecule has 0 fully saturated rings. The third-order valence-corrected chi connectivity index (χ3v) is 5.62. The maximum atomic E-state index is 6.08. The highest BCUT2D eigenvalue weighted by Gasteiger charge is 2.23. The monoisotopic (exact) mass is 296 g/mol. The van der Waals surface area contributed by atoms with Gasteiger partial charge in [0, 0.05) is 22.8 Å². The Morgan fingerprint density at radius 2 is 1.90 bits per heavy atom. The van der Waals surface area contributed by atoms with Crippen molar-refractivity contribution in [3.63, 3.8) is 0 Å². The van der Waals surface area contributed by atoms with Crippen molar-refractivity contribution in [2.24, 2.45) is 11.7 Å². The summed E-state index contributed by atoms with van der Waals surface area (Å²) in [6.45, 7) is 16.6. The van der Waals surface area contributed by atoms with Crippen LogP contribution in [0, 0.1) is 5.92 Å². The van der Waals surface area contributed by atoms with Gasteiger partial charge in [0.1, 0.15) is 0 Å². The lowest BCUT2D eigenvalue weighted by Crippen LogP contribution is -2.36. The molecule has 0 aliphatic carbocycles. The Hall–Kier alpha value is -0.380. The summed E-state index contributed by atoms with van der Waals surface area (Å²) in [4.78, 5) is 5.40. The predicted molar refractivity (Wildman–Crippen MR) is 91.5 cm³/mol. The molecule has 2 unspecified atom stereocenters. The molecule has 0 aliphatic heterocycles. The van der Waals surface area contributed by atoms with Gasteiger partial charge in [0.2, 0.25) is 0 Å². The van der Waals surface area contributed by atoms with Gasteiger partial charge in [-0.1, -0.05) is 48.0 Å². The van der Waals surface area contributed by atoms with E-state index in [1.807, 2.05) is 11.3 Å². The summed E-state index contributed by atoms with van der Waals surface area (Å²) in [6.07, 6.45) is 1.23. The second-order valence-corrected chi connectivity index (χ2v) is 7.92. The Bertz CT molecular complexity index is 392. The van der Waals surface area contributed by atoms with Crippen molar-refractivity contribution in [3.8, 4) is 0 Å². The lowest BCUT2D eigenvalue weighted by atomic mass is 9.95. The average molecular weight is 297 g/mol. The summed E-state index contributed by atoms with van der Waals surface area (Å²) in [5, 5.41) is 0. The van der Waals surface area contributed by atoms with Crippen LogP contribution in [0.2, 0.25) is 0 Å². The van der Waals surface area contributed by atoms with Gasteiger partial charge in [-0.2, -0.15) is 0 Å². The zero-order valence-corrected chi connectivity index (χ0v) is 14.9. The van der Waals surface area contributed by atoms with Gasteiger partial charge in [0.05, 0.1) is 6.04 Å². The quantitative estimate of drug-likeness (QED) is 0.807. The first-order valence-corrected chi connectivity index (χ1v) is 8.69. The molecule has 0 aliphatic rings. The van der Waals surface area contributed by atoms with Gasteiger partial charge in [-0.3, -0.25) is 4.90 Å². The lowest BCUT2D eigenvalue weighted by Gasteiger charge is -2.31. The minimum Gasteiger partial charge on any atom is -0.329 e. The number of thiophene rings is 1. The maximum Gasteiger partial charge on any atom is 0.0564 e. The summed E-state index contributed by atoms with van der Waals surface area (Å²) >= 11 is 1.93. The van der Waals surface area contributed by atoms with E-state index in [9.17, 15) is 0 Å². The number of hydrogen-bond acceptors (Lipinski definition) is 3.